The van der Waals surface area contributed by atoms with Crippen LogP contribution in [0.5, 0.6) is 0 Å². The fraction of sp³-hybridized carbons (Fsp3) is 1.00. The van der Waals surface area contributed by atoms with Crippen LogP contribution >= 0.6 is 28.4 Å². The van der Waals surface area contributed by atoms with Crippen molar-refractivity contribution < 1.29 is 0 Å². The van der Waals surface area contributed by atoms with Crippen LogP contribution in [0.25, 0.3) is 0 Å². The Morgan fingerprint density at radius 2 is 1.43 bits per heavy atom. The minimum atomic E-state index is -1.35. The number of hydrogen-bond donors (Lipinski definition) is 0. The van der Waals surface area contributed by atoms with E-state index < -0.39 is 5.97 Å². The maximum atomic E-state index is 5.84. The molecule has 0 nitrogen and oxygen atoms in total. The highest BCUT2D eigenvalue weighted by Crippen LogP contribution is 2.72. The van der Waals surface area contributed by atoms with Gasteiger partial charge in [-0.2, -0.15) is 0 Å². The van der Waals surface area contributed by atoms with Gasteiger partial charge in [-0.3, -0.25) is 0 Å². The second-order valence-electron chi connectivity index (χ2n) is 1.92. The Kier molecular flexibility index (Phi) is 1.83. The molecule has 7 heavy (non-hydrogen) atoms. The summed E-state index contributed by atoms with van der Waals surface area (Å²) in [6, 6.07) is 0. The highest BCUT2D eigenvalue weighted by atomic mass is 35.9. The summed E-state index contributed by atoms with van der Waals surface area (Å²) >= 11 is 11.7. The maximum absolute atomic E-state index is 5.84. The van der Waals surface area contributed by atoms with Gasteiger partial charge in [-0.1, -0.05) is 0 Å². The number of halogens is 2. The first-order valence-electron chi connectivity index (χ1n) is 2.47. The summed E-state index contributed by atoms with van der Waals surface area (Å²) in [5.41, 5.74) is 0. The monoisotopic (exact) mass is 157 g/mol. The Morgan fingerprint density at radius 3 is 1.57 bits per heavy atom. The van der Waals surface area contributed by atoms with Gasteiger partial charge in [0.2, 0.25) is 5.97 Å². The summed E-state index contributed by atoms with van der Waals surface area (Å²) in [6.45, 7) is 0. The maximum Gasteiger partial charge on any atom is 0.211 e. The minimum Gasteiger partial charge on any atom is -0.0128 e. The van der Waals surface area contributed by atoms with E-state index >= 15 is 0 Å². The lowest BCUT2D eigenvalue weighted by Crippen LogP contribution is -1.71. The molecule has 0 bridgehead atoms. The smallest absolute Gasteiger partial charge is 0.0128 e. The molecule has 1 rings (SSSR count). The zero-order chi connectivity index (χ0) is 5.33. The van der Waals surface area contributed by atoms with Gasteiger partial charge in [0.15, 0.2) is 0 Å². The Balaban J connectivity index is 2.40. The second-order valence-corrected chi connectivity index (χ2v) is 8.75. The lowest BCUT2D eigenvalue weighted by molar-refractivity contribution is 0.949. The summed E-state index contributed by atoms with van der Waals surface area (Å²) in [4.78, 5) is 0. The zero-order valence-corrected chi connectivity index (χ0v) is 6.44. The molecule has 0 unspecified atom stereocenters. The predicted molar refractivity (Wildman–Crippen MR) is 37.6 cm³/mol. The lowest BCUT2D eigenvalue weighted by Gasteiger charge is -1.94. The first-order valence-corrected chi connectivity index (χ1v) is 6.44. The number of rotatable bonds is 0. The molecule has 0 amide bonds. The summed E-state index contributed by atoms with van der Waals surface area (Å²) < 4.78 is 0. The molecule has 1 fully saturated rings. The van der Waals surface area contributed by atoms with E-state index in [1.54, 1.807) is 0 Å². The van der Waals surface area contributed by atoms with Gasteiger partial charge in [0, 0.05) is 0 Å². The van der Waals surface area contributed by atoms with Crippen LogP contribution in [0.15, 0.2) is 0 Å². The fourth-order valence-electron chi connectivity index (χ4n) is 0.798. The molecule has 1 heterocycles. The fourth-order valence-corrected chi connectivity index (χ4v) is 3.83. The van der Waals surface area contributed by atoms with Crippen LogP contribution in [-0.4, -0.2) is 12.3 Å². The van der Waals surface area contributed by atoms with Crippen LogP contribution in [-0.2, 0) is 0 Å². The van der Waals surface area contributed by atoms with Gasteiger partial charge in [0.1, 0.15) is 22.5 Å². The topological polar surface area (TPSA) is 0 Å². The minimum absolute atomic E-state index is 1.09. The molecule has 0 aromatic carbocycles. The summed E-state index contributed by atoms with van der Waals surface area (Å²) in [5, 5.41) is 0. The van der Waals surface area contributed by atoms with Gasteiger partial charge >= 0.3 is 0 Å². The molecule has 0 aliphatic carbocycles. The average molecular weight is 158 g/mol. The number of hydrogen-bond acceptors (Lipinski definition) is 0. The van der Waals surface area contributed by atoms with Gasteiger partial charge in [0.25, 0.3) is 0 Å². The molecule has 0 atom stereocenters. The van der Waals surface area contributed by atoms with Gasteiger partial charge in [-0.25, -0.2) is 0 Å². The van der Waals surface area contributed by atoms with Crippen molar-refractivity contribution in [2.75, 3.05) is 12.3 Å². The van der Waals surface area contributed by atoms with E-state index in [0.717, 1.165) is 12.3 Å². The molecule has 1 aliphatic heterocycles. The SMILES string of the molecule is Cl[P+]1(Cl)CCCC1. The first-order chi connectivity index (χ1) is 3.21. The quantitative estimate of drug-likeness (QED) is 0.475. The van der Waals surface area contributed by atoms with Crippen LogP contribution in [0, 0.1) is 0 Å². The Labute approximate surface area is 54.1 Å². The van der Waals surface area contributed by atoms with Crippen molar-refractivity contribution in [3.05, 3.63) is 0 Å². The molecular formula is C4H8Cl2P+. The average Bonchev–Trinajstić information content (AvgIpc) is 1.84. The van der Waals surface area contributed by atoms with E-state index in [2.05, 4.69) is 0 Å². The molecule has 0 spiro atoms. The Morgan fingerprint density at radius 1 is 1.00 bits per heavy atom. The molecule has 0 radical (unpaired) electrons. The normalized spacial score (nSPS) is 28.3. The van der Waals surface area contributed by atoms with Crippen molar-refractivity contribution in [2.24, 2.45) is 0 Å². The van der Waals surface area contributed by atoms with Crippen LogP contribution in [0.3, 0.4) is 0 Å². The molecule has 0 aromatic rings. The Hall–Kier alpha value is 1.01. The molecule has 42 valence electrons. The summed E-state index contributed by atoms with van der Waals surface area (Å²) in [6.07, 6.45) is 4.69. The lowest BCUT2D eigenvalue weighted by atomic mass is 10.4. The third-order valence-corrected chi connectivity index (χ3v) is 5.19. The van der Waals surface area contributed by atoms with Gasteiger partial charge in [-0.15, -0.1) is 0 Å². The van der Waals surface area contributed by atoms with Crippen molar-refractivity contribution in [3.8, 4) is 0 Å². The highest BCUT2D eigenvalue weighted by molar-refractivity contribution is 8.17. The van der Waals surface area contributed by atoms with Crippen molar-refractivity contribution >= 4 is 28.4 Å². The van der Waals surface area contributed by atoms with Crippen molar-refractivity contribution in [1.29, 1.82) is 0 Å². The summed E-state index contributed by atoms with van der Waals surface area (Å²) in [7, 11) is 0. The molecule has 0 aromatic heterocycles. The second kappa shape index (κ2) is 2.09. The van der Waals surface area contributed by atoms with Crippen LogP contribution in [0.1, 0.15) is 12.8 Å². The largest absolute Gasteiger partial charge is 0.211 e. The van der Waals surface area contributed by atoms with E-state index in [9.17, 15) is 0 Å². The van der Waals surface area contributed by atoms with Gasteiger partial charge in [-0.05, 0) is 12.8 Å². The van der Waals surface area contributed by atoms with Crippen molar-refractivity contribution in [2.45, 2.75) is 12.8 Å². The first kappa shape index (κ1) is 6.13. The van der Waals surface area contributed by atoms with E-state index in [4.69, 9.17) is 22.5 Å². The molecule has 1 aliphatic rings. The predicted octanol–water partition coefficient (Wildman–Crippen LogP) is 3.11. The highest BCUT2D eigenvalue weighted by Gasteiger charge is 2.38. The van der Waals surface area contributed by atoms with E-state index in [1.165, 1.54) is 12.8 Å². The van der Waals surface area contributed by atoms with Gasteiger partial charge < -0.3 is 0 Å². The zero-order valence-electron chi connectivity index (χ0n) is 4.03. The molecule has 1 saturated heterocycles. The Bertz CT molecular complexity index is 64.1. The van der Waals surface area contributed by atoms with Crippen molar-refractivity contribution in [3.63, 3.8) is 0 Å². The van der Waals surface area contributed by atoms with E-state index in [0.29, 0.717) is 0 Å². The molecule has 0 N–H and O–H groups in total. The van der Waals surface area contributed by atoms with E-state index in [1.807, 2.05) is 0 Å². The third-order valence-electron chi connectivity index (χ3n) is 1.22. The van der Waals surface area contributed by atoms with Gasteiger partial charge in [0.05, 0.1) is 12.3 Å². The standard InChI is InChI=1S/C4H8Cl2P/c5-7(6)3-1-2-4-7/h1-4H2/q+1. The summed E-state index contributed by atoms with van der Waals surface area (Å²) in [5.74, 6) is -1.35. The van der Waals surface area contributed by atoms with Crippen LogP contribution < -0.4 is 0 Å². The van der Waals surface area contributed by atoms with Crippen LogP contribution in [0.4, 0.5) is 0 Å². The van der Waals surface area contributed by atoms with Crippen LogP contribution in [0.2, 0.25) is 0 Å². The van der Waals surface area contributed by atoms with Crippen molar-refractivity contribution in [1.82, 2.24) is 0 Å². The molecule has 0 saturated carbocycles. The molecule has 3 heteroatoms. The third kappa shape index (κ3) is 1.76. The molecular weight excluding hydrogens is 150 g/mol. The van der Waals surface area contributed by atoms with E-state index in [-0.39, 0.29) is 0 Å².